The minimum atomic E-state index is -0.730. The lowest BCUT2D eigenvalue weighted by Gasteiger charge is -2.32. The van der Waals surface area contributed by atoms with Gasteiger partial charge in [0.2, 0.25) is 0 Å². The van der Waals surface area contributed by atoms with Crippen molar-refractivity contribution in [1.82, 2.24) is 0 Å². The zero-order valence-electron chi connectivity index (χ0n) is 54.9. The Morgan fingerprint density at radius 3 is 0.904 bits per heavy atom. The van der Waals surface area contributed by atoms with Crippen LogP contribution < -0.4 is 18.9 Å². The number of hydrogen-bond acceptors (Lipinski definition) is 4. The van der Waals surface area contributed by atoms with E-state index in [2.05, 4.69) is 338 Å². The first-order valence-corrected chi connectivity index (χ1v) is 36.7. The van der Waals surface area contributed by atoms with Crippen molar-refractivity contribution in [3.05, 3.63) is 279 Å². The van der Waals surface area contributed by atoms with Crippen LogP contribution in [0.4, 0.5) is 0 Å². The zero-order chi connectivity index (χ0) is 65.4. The van der Waals surface area contributed by atoms with E-state index in [-0.39, 0.29) is 5.41 Å². The lowest BCUT2D eigenvalue weighted by molar-refractivity contribution is 0.217. The molecule has 0 bridgehead atoms. The third-order valence-electron chi connectivity index (χ3n) is 20.0. The van der Waals surface area contributed by atoms with Crippen molar-refractivity contribution >= 4 is 88.0 Å². The molecule has 476 valence electrons. The summed E-state index contributed by atoms with van der Waals surface area (Å²) in [6.45, 7) is 20.3. The van der Waals surface area contributed by atoms with Gasteiger partial charge in [0.15, 0.2) is 23.0 Å². The summed E-state index contributed by atoms with van der Waals surface area (Å²) in [5.74, 6) is 4.66. The second-order valence-corrected chi connectivity index (χ2v) is 30.0. The molecule has 0 radical (unpaired) electrons. The van der Waals surface area contributed by atoms with Gasteiger partial charge in [0, 0.05) is 17.9 Å². The highest BCUT2D eigenvalue weighted by atomic mass is 79.9. The highest BCUT2D eigenvalue weighted by Gasteiger charge is 2.54. The standard InChI is InChI=1S/C61H66Br2O4.C25H14Br2/c1-9-39(5)35-64-57-31-51-52-32-58(65-36-40(6)10-2)60(67-38-42(8)12-4)34-56(52)61(55(51)33-59(57)66-37-41(7)11-3)53-29-45(15-13-43-17-23-47(62)24-18-43)21-27-49(53)50-28-22-46(30-54(50)61)16-14-44-19-25-48(63)26-20-44;26-15-9-11-19-17-5-1-3-7-21(17)25(23(19)13-15)22-8-4-2-6-18(22)20-12-10-16(27)14-24(20)25/h13-34,39-42H,9-12,35-38H2,1-8H3;1-14H/b15-13+,16-14+;. The molecule has 0 fully saturated rings. The van der Waals surface area contributed by atoms with Crippen molar-refractivity contribution in [2.45, 2.75) is 91.9 Å². The third kappa shape index (κ3) is 12.2. The average Bonchev–Trinajstić information content (AvgIpc) is 1.52. The molecule has 4 unspecified atom stereocenters. The molecule has 0 N–H and O–H groups in total. The minimum absolute atomic E-state index is 0.259. The topological polar surface area (TPSA) is 36.9 Å². The molecule has 94 heavy (non-hydrogen) atoms. The molecule has 10 aromatic rings. The molecule has 14 rings (SSSR count). The van der Waals surface area contributed by atoms with Crippen LogP contribution in [0.2, 0.25) is 0 Å². The van der Waals surface area contributed by atoms with Gasteiger partial charge in [-0.3, -0.25) is 0 Å². The van der Waals surface area contributed by atoms with Crippen LogP contribution in [-0.4, -0.2) is 26.4 Å². The number of benzene rings is 10. The van der Waals surface area contributed by atoms with E-state index in [1.165, 1.54) is 77.9 Å². The predicted octanol–water partition coefficient (Wildman–Crippen LogP) is 25.2. The summed E-state index contributed by atoms with van der Waals surface area (Å²) in [4.78, 5) is 0. The van der Waals surface area contributed by atoms with Gasteiger partial charge >= 0.3 is 0 Å². The molecule has 0 amide bonds. The molecule has 8 heteroatoms. The predicted molar refractivity (Wildman–Crippen MR) is 407 cm³/mol. The monoisotopic (exact) mass is 1490 g/mol. The summed E-state index contributed by atoms with van der Waals surface area (Å²) in [6.07, 6.45) is 13.0. The first-order valence-electron chi connectivity index (χ1n) is 33.5. The summed E-state index contributed by atoms with van der Waals surface area (Å²) >= 11 is 14.7. The van der Waals surface area contributed by atoms with E-state index < -0.39 is 5.41 Å². The second-order valence-electron chi connectivity index (χ2n) is 26.3. The lowest BCUT2D eigenvalue weighted by Crippen LogP contribution is -2.26. The van der Waals surface area contributed by atoms with Gasteiger partial charge in [0.25, 0.3) is 0 Å². The lowest BCUT2D eigenvalue weighted by atomic mass is 9.70. The number of rotatable bonds is 20. The molecule has 0 aromatic heterocycles. The van der Waals surface area contributed by atoms with Crippen LogP contribution in [0.5, 0.6) is 23.0 Å². The zero-order valence-corrected chi connectivity index (χ0v) is 61.2. The fraction of sp³-hybridized carbons (Fsp3) is 0.256. The highest BCUT2D eigenvalue weighted by Crippen LogP contribution is 2.67. The quantitative estimate of drug-likeness (QED) is 0.0713. The molecular weight excluding hydrogens is 1420 g/mol. The molecule has 10 aromatic carbocycles. The number of halogens is 4. The molecule has 2 spiro atoms. The smallest absolute Gasteiger partial charge is 0.161 e. The normalized spacial score (nSPS) is 14.9. The molecule has 4 nitrogen and oxygen atoms in total. The summed E-state index contributed by atoms with van der Waals surface area (Å²) in [5, 5.41) is 0. The van der Waals surface area contributed by atoms with E-state index in [1.807, 2.05) is 0 Å². The van der Waals surface area contributed by atoms with Gasteiger partial charge < -0.3 is 18.9 Å². The van der Waals surface area contributed by atoms with Crippen LogP contribution in [0.3, 0.4) is 0 Å². The highest BCUT2D eigenvalue weighted by molar-refractivity contribution is 9.11. The van der Waals surface area contributed by atoms with E-state index in [0.29, 0.717) is 50.1 Å². The van der Waals surface area contributed by atoms with Gasteiger partial charge in [-0.1, -0.05) is 278 Å². The minimum Gasteiger partial charge on any atom is -0.489 e. The van der Waals surface area contributed by atoms with E-state index in [0.717, 1.165) is 100.0 Å². The maximum absolute atomic E-state index is 6.90. The fourth-order valence-electron chi connectivity index (χ4n) is 13.9. The maximum atomic E-state index is 6.90. The van der Waals surface area contributed by atoms with Crippen LogP contribution in [0, 0.1) is 23.7 Å². The fourth-order valence-corrected chi connectivity index (χ4v) is 15.2. The van der Waals surface area contributed by atoms with Crippen LogP contribution >= 0.6 is 63.7 Å². The number of fused-ring (bicyclic) bond motifs is 20. The Labute approximate surface area is 590 Å². The molecule has 4 atom stereocenters. The van der Waals surface area contributed by atoms with Crippen molar-refractivity contribution in [1.29, 1.82) is 0 Å². The molecule has 0 heterocycles. The SMILES string of the molecule is Brc1ccc2c(c1)C1(c3ccccc3-2)c2ccccc2-c2ccc(Br)cc21.CCC(C)COc1cc2c(cc1OCC(C)CC)C1(c3cc(/C=C/c4ccc(Br)cc4)ccc3-c3ccc(/C=C/c4ccc(Br)cc4)cc31)c1cc(OCC(C)CC)c(OCC(C)CC)cc1-2. The van der Waals surface area contributed by atoms with Crippen molar-refractivity contribution < 1.29 is 18.9 Å². The van der Waals surface area contributed by atoms with Crippen molar-refractivity contribution in [3.8, 4) is 67.5 Å². The second kappa shape index (κ2) is 27.9. The van der Waals surface area contributed by atoms with E-state index in [4.69, 9.17) is 18.9 Å². The maximum Gasteiger partial charge on any atom is 0.161 e. The average molecular weight is 1500 g/mol. The van der Waals surface area contributed by atoms with Crippen LogP contribution in [0.15, 0.2) is 212 Å². The third-order valence-corrected chi connectivity index (χ3v) is 22.1. The van der Waals surface area contributed by atoms with E-state index in [1.54, 1.807) is 0 Å². The van der Waals surface area contributed by atoms with Gasteiger partial charge in [-0.25, -0.2) is 0 Å². The van der Waals surface area contributed by atoms with E-state index in [9.17, 15) is 0 Å². The Morgan fingerprint density at radius 1 is 0.277 bits per heavy atom. The molecular formula is C86H80Br4O4. The first-order chi connectivity index (χ1) is 45.7. The Bertz CT molecular complexity index is 4230. The van der Waals surface area contributed by atoms with Crippen LogP contribution in [0.1, 0.15) is 148 Å². The van der Waals surface area contributed by atoms with E-state index >= 15 is 0 Å². The summed E-state index contributed by atoms with van der Waals surface area (Å²) in [7, 11) is 0. The molecule has 4 aliphatic rings. The summed E-state index contributed by atoms with van der Waals surface area (Å²) in [5.41, 5.74) is 23.9. The largest absolute Gasteiger partial charge is 0.489 e. The Morgan fingerprint density at radius 2 is 0.543 bits per heavy atom. The van der Waals surface area contributed by atoms with Crippen molar-refractivity contribution in [2.24, 2.45) is 23.7 Å². The number of hydrogen-bond donors (Lipinski definition) is 0. The Balaban J connectivity index is 0.000000244. The molecule has 4 aliphatic carbocycles. The summed E-state index contributed by atoms with van der Waals surface area (Å²) in [6, 6.07) is 71.3. The van der Waals surface area contributed by atoms with Gasteiger partial charge in [-0.15, -0.1) is 0 Å². The van der Waals surface area contributed by atoms with Gasteiger partial charge in [0.05, 0.1) is 37.3 Å². The number of ether oxygens (including phenoxy) is 4. The molecule has 0 saturated carbocycles. The van der Waals surface area contributed by atoms with Crippen molar-refractivity contribution in [3.63, 3.8) is 0 Å². The van der Waals surface area contributed by atoms with Crippen LogP contribution in [-0.2, 0) is 10.8 Å². The first kappa shape index (κ1) is 65.5. The molecule has 0 saturated heterocycles. The van der Waals surface area contributed by atoms with Gasteiger partial charge in [0.1, 0.15) is 0 Å². The van der Waals surface area contributed by atoms with Gasteiger partial charge in [-0.05, 0) is 220 Å². The molecule has 0 aliphatic heterocycles. The van der Waals surface area contributed by atoms with Crippen LogP contribution in [0.25, 0.3) is 68.8 Å². The van der Waals surface area contributed by atoms with Gasteiger partial charge in [-0.2, -0.15) is 0 Å². The summed E-state index contributed by atoms with van der Waals surface area (Å²) < 4.78 is 31.8. The van der Waals surface area contributed by atoms with Crippen molar-refractivity contribution in [2.75, 3.05) is 26.4 Å². The Hall–Kier alpha value is -7.20. The Kier molecular flexibility index (Phi) is 19.4.